The number of para-hydroxylation sites is 1. The molecule has 3 aromatic rings. The second-order valence-corrected chi connectivity index (χ2v) is 6.21. The van der Waals surface area contributed by atoms with Gasteiger partial charge in [0.25, 0.3) is 0 Å². The summed E-state index contributed by atoms with van der Waals surface area (Å²) in [6, 6.07) is 13.9. The third-order valence-electron chi connectivity index (χ3n) is 3.89. The van der Waals surface area contributed by atoms with Crippen LogP contribution in [0.2, 0.25) is 0 Å². The first-order valence-corrected chi connectivity index (χ1v) is 8.14. The molecule has 1 aromatic heterocycles. The molecule has 0 bridgehead atoms. The average Bonchev–Trinajstić information content (AvgIpc) is 3.20. The fourth-order valence-electron chi connectivity index (χ4n) is 2.74. The Morgan fingerprint density at radius 1 is 1.05 bits per heavy atom. The van der Waals surface area contributed by atoms with E-state index in [1.807, 2.05) is 30.3 Å². The molecule has 0 amide bonds. The van der Waals surface area contributed by atoms with Crippen LogP contribution in [0.25, 0.3) is 11.0 Å². The molecule has 4 rings (SSSR count). The highest BCUT2D eigenvalue weighted by Crippen LogP contribution is 2.31. The Labute approximate surface area is 136 Å². The first-order chi connectivity index (χ1) is 10.8. The SMILES string of the molecule is Brc1cc(N2CCCC2)ccc1On1nnc2ccccc21. The lowest BCUT2D eigenvalue weighted by Crippen LogP contribution is -2.17. The van der Waals surface area contributed by atoms with Gasteiger partial charge >= 0.3 is 0 Å². The zero-order valence-electron chi connectivity index (χ0n) is 11.9. The third kappa shape index (κ3) is 2.43. The molecule has 2 aromatic carbocycles. The van der Waals surface area contributed by atoms with Crippen LogP contribution in [0.15, 0.2) is 46.9 Å². The van der Waals surface area contributed by atoms with Gasteiger partial charge in [0.05, 0.1) is 4.47 Å². The number of fused-ring (bicyclic) bond motifs is 1. The van der Waals surface area contributed by atoms with Crippen LogP contribution in [0.1, 0.15) is 12.8 Å². The molecule has 0 radical (unpaired) electrons. The zero-order valence-corrected chi connectivity index (χ0v) is 13.5. The molecule has 1 saturated heterocycles. The molecule has 2 heterocycles. The molecule has 22 heavy (non-hydrogen) atoms. The van der Waals surface area contributed by atoms with E-state index in [1.54, 1.807) is 0 Å². The summed E-state index contributed by atoms with van der Waals surface area (Å²) >= 11 is 3.59. The number of halogens is 1. The van der Waals surface area contributed by atoms with Gasteiger partial charge in [-0.2, -0.15) is 0 Å². The summed E-state index contributed by atoms with van der Waals surface area (Å²) in [5.41, 5.74) is 2.88. The molecule has 1 aliphatic heterocycles. The summed E-state index contributed by atoms with van der Waals surface area (Å²) in [7, 11) is 0. The van der Waals surface area contributed by atoms with E-state index in [2.05, 4.69) is 43.3 Å². The first kappa shape index (κ1) is 13.6. The molecular weight excluding hydrogens is 344 g/mol. The quantitative estimate of drug-likeness (QED) is 0.716. The predicted molar refractivity (Wildman–Crippen MR) is 89.1 cm³/mol. The van der Waals surface area contributed by atoms with Gasteiger partial charge in [0.1, 0.15) is 11.0 Å². The monoisotopic (exact) mass is 358 g/mol. The second kappa shape index (κ2) is 5.61. The van der Waals surface area contributed by atoms with Gasteiger partial charge in [0, 0.05) is 18.8 Å². The molecule has 0 spiro atoms. The van der Waals surface area contributed by atoms with Crippen LogP contribution in [0.3, 0.4) is 0 Å². The van der Waals surface area contributed by atoms with E-state index in [-0.39, 0.29) is 0 Å². The molecule has 1 fully saturated rings. The lowest BCUT2D eigenvalue weighted by Gasteiger charge is -2.18. The van der Waals surface area contributed by atoms with Gasteiger partial charge in [-0.3, -0.25) is 0 Å². The Bertz CT molecular complexity index is 811. The highest BCUT2D eigenvalue weighted by atomic mass is 79.9. The molecule has 0 atom stereocenters. The Balaban J connectivity index is 1.62. The number of hydrogen-bond donors (Lipinski definition) is 0. The van der Waals surface area contributed by atoms with Crippen molar-refractivity contribution in [2.24, 2.45) is 0 Å². The molecule has 5 nitrogen and oxygen atoms in total. The summed E-state index contributed by atoms with van der Waals surface area (Å²) in [5, 5.41) is 8.13. The van der Waals surface area contributed by atoms with Gasteiger partial charge in [-0.1, -0.05) is 17.0 Å². The maximum Gasteiger partial charge on any atom is 0.172 e. The van der Waals surface area contributed by atoms with Crippen molar-refractivity contribution >= 4 is 32.7 Å². The van der Waals surface area contributed by atoms with Crippen LogP contribution in [0.4, 0.5) is 5.69 Å². The molecule has 0 aliphatic carbocycles. The fourth-order valence-corrected chi connectivity index (χ4v) is 3.18. The van der Waals surface area contributed by atoms with Gasteiger partial charge in [0.2, 0.25) is 0 Å². The summed E-state index contributed by atoms with van der Waals surface area (Å²) in [5.74, 6) is 0.721. The molecule has 0 N–H and O–H groups in total. The van der Waals surface area contributed by atoms with Crippen LogP contribution in [0.5, 0.6) is 5.75 Å². The van der Waals surface area contributed by atoms with E-state index in [1.165, 1.54) is 23.4 Å². The standard InChI is InChI=1S/C16H15BrN4O/c17-13-11-12(20-9-3-4-10-20)7-8-16(13)22-21-15-6-2-1-5-14(15)18-19-21/h1-2,5-8,11H,3-4,9-10H2. The zero-order chi connectivity index (χ0) is 14.9. The number of hydrogen-bond acceptors (Lipinski definition) is 4. The van der Waals surface area contributed by atoms with E-state index < -0.39 is 0 Å². The van der Waals surface area contributed by atoms with E-state index >= 15 is 0 Å². The first-order valence-electron chi connectivity index (χ1n) is 7.34. The van der Waals surface area contributed by atoms with Gasteiger partial charge in [0.15, 0.2) is 5.75 Å². The number of benzene rings is 2. The van der Waals surface area contributed by atoms with Gasteiger partial charge in [-0.15, -0.1) is 5.10 Å². The van der Waals surface area contributed by atoms with Crippen LogP contribution in [0, 0.1) is 0 Å². The van der Waals surface area contributed by atoms with Crippen molar-refractivity contribution in [2.75, 3.05) is 18.0 Å². The van der Waals surface area contributed by atoms with Crippen molar-refractivity contribution in [3.05, 3.63) is 46.9 Å². The van der Waals surface area contributed by atoms with Crippen LogP contribution < -0.4 is 9.74 Å². The van der Waals surface area contributed by atoms with Gasteiger partial charge in [-0.05, 0) is 64.3 Å². The molecule has 112 valence electrons. The van der Waals surface area contributed by atoms with E-state index in [0.717, 1.165) is 34.3 Å². The van der Waals surface area contributed by atoms with Crippen LogP contribution in [-0.4, -0.2) is 28.2 Å². The molecule has 0 saturated carbocycles. The number of anilines is 1. The van der Waals surface area contributed by atoms with Crippen molar-refractivity contribution in [3.8, 4) is 5.75 Å². The minimum atomic E-state index is 0.721. The topological polar surface area (TPSA) is 43.2 Å². The third-order valence-corrected chi connectivity index (χ3v) is 4.51. The Morgan fingerprint density at radius 2 is 1.86 bits per heavy atom. The Hall–Kier alpha value is -2.08. The predicted octanol–water partition coefficient (Wildman–Crippen LogP) is 3.64. The maximum absolute atomic E-state index is 5.86. The molecular formula is C16H15BrN4O. The minimum Gasteiger partial charge on any atom is -0.371 e. The molecule has 0 unspecified atom stereocenters. The summed E-state index contributed by atoms with van der Waals surface area (Å²) < 4.78 is 0.913. The molecule has 1 aliphatic rings. The van der Waals surface area contributed by atoms with Crippen LogP contribution in [-0.2, 0) is 0 Å². The number of aromatic nitrogens is 3. The maximum atomic E-state index is 5.86. The number of rotatable bonds is 3. The number of nitrogens with zero attached hydrogens (tertiary/aromatic N) is 4. The second-order valence-electron chi connectivity index (χ2n) is 5.35. The molecule has 6 heteroatoms. The average molecular weight is 359 g/mol. The van der Waals surface area contributed by atoms with Crippen molar-refractivity contribution < 1.29 is 4.84 Å². The van der Waals surface area contributed by atoms with Gasteiger partial charge in [-0.25, -0.2) is 0 Å². The van der Waals surface area contributed by atoms with Crippen molar-refractivity contribution in [1.82, 2.24) is 15.2 Å². The highest BCUT2D eigenvalue weighted by molar-refractivity contribution is 9.10. The highest BCUT2D eigenvalue weighted by Gasteiger charge is 2.14. The van der Waals surface area contributed by atoms with E-state index in [0.29, 0.717) is 0 Å². The van der Waals surface area contributed by atoms with Gasteiger partial charge < -0.3 is 9.74 Å². The van der Waals surface area contributed by atoms with Crippen LogP contribution >= 0.6 is 15.9 Å². The summed E-state index contributed by atoms with van der Waals surface area (Å²) in [4.78, 5) is 9.70. The summed E-state index contributed by atoms with van der Waals surface area (Å²) in [6.45, 7) is 2.25. The minimum absolute atomic E-state index is 0.721. The fraction of sp³-hybridized carbons (Fsp3) is 0.250. The Morgan fingerprint density at radius 3 is 2.68 bits per heavy atom. The summed E-state index contributed by atoms with van der Waals surface area (Å²) in [6.07, 6.45) is 2.53. The van der Waals surface area contributed by atoms with Crippen molar-refractivity contribution in [2.45, 2.75) is 12.8 Å². The Kier molecular flexibility index (Phi) is 3.46. The van der Waals surface area contributed by atoms with E-state index in [4.69, 9.17) is 4.84 Å². The van der Waals surface area contributed by atoms with E-state index in [9.17, 15) is 0 Å². The normalized spacial score (nSPS) is 14.7. The smallest absolute Gasteiger partial charge is 0.172 e. The lowest BCUT2D eigenvalue weighted by atomic mass is 10.3. The lowest BCUT2D eigenvalue weighted by molar-refractivity contribution is 0.183. The van der Waals surface area contributed by atoms with Crippen molar-refractivity contribution in [1.29, 1.82) is 0 Å². The van der Waals surface area contributed by atoms with Crippen molar-refractivity contribution in [3.63, 3.8) is 0 Å². The largest absolute Gasteiger partial charge is 0.371 e.